The largest absolute Gasteiger partial charge is 0.478 e. The van der Waals surface area contributed by atoms with Gasteiger partial charge >= 0.3 is 12.1 Å². The number of alkyl halides is 3. The molecule has 2 aliphatic heterocycles. The molecule has 1 fully saturated rings. The SMILES string of the molecule is O=C(O)c1ccc(CC(=O)C2c3cccc(N4CCN(CC(F)(F)F)CC4=O)c3CCN2C(=O)c2cn(-c3cccc(Cl)c3F)nn2)cc1. The molecule has 2 aliphatic rings. The van der Waals surface area contributed by atoms with Gasteiger partial charge in [0.15, 0.2) is 17.3 Å². The summed E-state index contributed by atoms with van der Waals surface area (Å²) in [4.78, 5) is 56.3. The summed E-state index contributed by atoms with van der Waals surface area (Å²) in [6, 6.07) is 13.7. The van der Waals surface area contributed by atoms with Crippen molar-refractivity contribution in [3.8, 4) is 5.69 Å². The Balaban J connectivity index is 1.34. The van der Waals surface area contributed by atoms with Crippen LogP contribution in [0.15, 0.2) is 66.9 Å². The molecule has 1 N–H and O–H groups in total. The highest BCUT2D eigenvalue weighted by Crippen LogP contribution is 2.38. The van der Waals surface area contributed by atoms with Crippen LogP contribution in [-0.4, -0.2) is 92.4 Å². The van der Waals surface area contributed by atoms with Crippen molar-refractivity contribution in [3.05, 3.63) is 106 Å². The number of aromatic nitrogens is 3. The molecule has 0 aliphatic carbocycles. The number of aromatic carboxylic acids is 1. The number of fused-ring (bicyclic) bond motifs is 1. The van der Waals surface area contributed by atoms with E-state index in [1.807, 2.05) is 0 Å². The lowest BCUT2D eigenvalue weighted by Crippen LogP contribution is -2.53. The molecule has 3 aromatic carbocycles. The Morgan fingerprint density at radius 1 is 0.959 bits per heavy atom. The smallest absolute Gasteiger partial charge is 0.401 e. The van der Waals surface area contributed by atoms with Crippen LogP contribution in [0.5, 0.6) is 0 Å². The summed E-state index contributed by atoms with van der Waals surface area (Å²) < 4.78 is 54.8. The third kappa shape index (κ3) is 7.03. The summed E-state index contributed by atoms with van der Waals surface area (Å²) in [5.41, 5.74) is 1.73. The Bertz CT molecular complexity index is 1950. The van der Waals surface area contributed by atoms with Gasteiger partial charge in [-0.05, 0) is 53.4 Å². The summed E-state index contributed by atoms with van der Waals surface area (Å²) in [6.45, 7) is -1.68. The summed E-state index contributed by atoms with van der Waals surface area (Å²) in [5, 5.41) is 16.9. The molecule has 6 rings (SSSR count). The Morgan fingerprint density at radius 3 is 2.37 bits per heavy atom. The van der Waals surface area contributed by atoms with E-state index >= 15 is 0 Å². The lowest BCUT2D eigenvalue weighted by molar-refractivity contribution is -0.150. The second-order valence-electron chi connectivity index (χ2n) is 11.6. The third-order valence-electron chi connectivity index (χ3n) is 8.43. The zero-order chi connectivity index (χ0) is 35.0. The molecule has 2 amide bonds. The van der Waals surface area contributed by atoms with Crippen LogP contribution in [0.25, 0.3) is 5.69 Å². The van der Waals surface area contributed by atoms with Gasteiger partial charge in [0, 0.05) is 31.7 Å². The maximum atomic E-state index is 14.7. The van der Waals surface area contributed by atoms with Gasteiger partial charge in [0.25, 0.3) is 5.91 Å². The number of hydrogen-bond donors (Lipinski definition) is 1. The molecule has 0 bridgehead atoms. The fraction of sp³-hybridized carbons (Fsp3) is 0.273. The zero-order valence-corrected chi connectivity index (χ0v) is 26.3. The van der Waals surface area contributed by atoms with Crippen LogP contribution < -0.4 is 4.90 Å². The lowest BCUT2D eigenvalue weighted by Gasteiger charge is -2.40. The monoisotopic (exact) mass is 698 g/mol. The molecule has 0 spiro atoms. The Kier molecular flexibility index (Phi) is 9.22. The van der Waals surface area contributed by atoms with E-state index in [9.17, 15) is 41.8 Å². The fourth-order valence-corrected chi connectivity index (χ4v) is 6.36. The van der Waals surface area contributed by atoms with Gasteiger partial charge in [-0.25, -0.2) is 13.9 Å². The minimum atomic E-state index is -4.46. The molecule has 11 nitrogen and oxygen atoms in total. The molecule has 4 aromatic rings. The van der Waals surface area contributed by atoms with Gasteiger partial charge in [-0.1, -0.05) is 47.1 Å². The number of Topliss-reactive ketones (excluding diaryl/α,β-unsaturated/α-hetero) is 1. The number of carboxylic acids is 1. The molecule has 254 valence electrons. The van der Waals surface area contributed by atoms with Crippen molar-refractivity contribution in [1.29, 1.82) is 0 Å². The highest BCUT2D eigenvalue weighted by molar-refractivity contribution is 6.30. The maximum absolute atomic E-state index is 14.7. The number of ketones is 1. The Hall–Kier alpha value is -5.15. The van der Waals surface area contributed by atoms with E-state index in [4.69, 9.17) is 11.6 Å². The number of piperazine rings is 1. The number of halogens is 5. The molecule has 0 radical (unpaired) electrons. The first-order valence-corrected chi connectivity index (χ1v) is 15.4. The van der Waals surface area contributed by atoms with E-state index in [0.29, 0.717) is 22.4 Å². The molecule has 1 saturated heterocycles. The molecule has 0 saturated carbocycles. The van der Waals surface area contributed by atoms with Gasteiger partial charge < -0.3 is 14.9 Å². The number of carbonyl (C=O) groups is 4. The second kappa shape index (κ2) is 13.4. The van der Waals surface area contributed by atoms with Crippen LogP contribution in [0.3, 0.4) is 0 Å². The number of amides is 2. The minimum absolute atomic E-state index is 0.00216. The third-order valence-corrected chi connectivity index (χ3v) is 8.72. The average molecular weight is 699 g/mol. The van der Waals surface area contributed by atoms with Crippen LogP contribution in [-0.2, 0) is 22.4 Å². The molecule has 49 heavy (non-hydrogen) atoms. The zero-order valence-electron chi connectivity index (χ0n) is 25.5. The molecule has 1 aromatic heterocycles. The molecule has 1 atom stereocenters. The number of carbonyl (C=O) groups excluding carboxylic acids is 3. The van der Waals surface area contributed by atoms with E-state index in [-0.39, 0.29) is 54.4 Å². The van der Waals surface area contributed by atoms with Crippen molar-refractivity contribution in [3.63, 3.8) is 0 Å². The number of anilines is 1. The first-order chi connectivity index (χ1) is 23.3. The molecule has 3 heterocycles. The lowest BCUT2D eigenvalue weighted by atomic mass is 9.86. The van der Waals surface area contributed by atoms with Gasteiger partial charge in [0.2, 0.25) is 5.91 Å². The van der Waals surface area contributed by atoms with Crippen molar-refractivity contribution >= 4 is 40.9 Å². The van der Waals surface area contributed by atoms with Crippen LogP contribution in [0.2, 0.25) is 5.02 Å². The fourth-order valence-electron chi connectivity index (χ4n) is 6.19. The van der Waals surface area contributed by atoms with Gasteiger partial charge in [-0.15, -0.1) is 5.10 Å². The van der Waals surface area contributed by atoms with E-state index in [0.717, 1.165) is 9.58 Å². The van der Waals surface area contributed by atoms with Gasteiger partial charge in [0.1, 0.15) is 11.7 Å². The summed E-state index contributed by atoms with van der Waals surface area (Å²) in [6.07, 6.45) is -3.23. The quantitative estimate of drug-likeness (QED) is 0.266. The summed E-state index contributed by atoms with van der Waals surface area (Å²) >= 11 is 5.91. The van der Waals surface area contributed by atoms with Crippen LogP contribution in [0, 0.1) is 5.82 Å². The summed E-state index contributed by atoms with van der Waals surface area (Å²) in [7, 11) is 0. The first kappa shape index (κ1) is 33.7. The maximum Gasteiger partial charge on any atom is 0.401 e. The van der Waals surface area contributed by atoms with E-state index in [2.05, 4.69) is 10.3 Å². The van der Waals surface area contributed by atoms with Crippen LogP contribution in [0.1, 0.15) is 43.6 Å². The average Bonchev–Trinajstić information content (AvgIpc) is 3.54. The first-order valence-electron chi connectivity index (χ1n) is 15.0. The number of carboxylic acid groups (broad SMARTS) is 1. The topological polar surface area (TPSA) is 129 Å². The number of benzene rings is 3. The van der Waals surface area contributed by atoms with Crippen LogP contribution >= 0.6 is 11.6 Å². The normalized spacial score (nSPS) is 16.8. The standard InChI is InChI=1S/C33H27ClF4N6O5/c34-23-4-2-6-26(29(23)35)44-16-24(39-40-44)31(47)43-12-11-21-22(30(43)27(45)15-19-7-9-20(10-8-19)32(48)49)3-1-5-25(21)42-14-13-41(17-28(42)46)18-33(36,37)38/h1-10,16,30H,11-15,17-18H2,(H,48,49). The number of nitrogens with zero attached hydrogens (tertiary/aromatic N) is 6. The van der Waals surface area contributed by atoms with Crippen molar-refractivity contribution in [1.82, 2.24) is 24.8 Å². The predicted octanol–water partition coefficient (Wildman–Crippen LogP) is 4.52. The highest BCUT2D eigenvalue weighted by Gasteiger charge is 2.40. The number of rotatable bonds is 8. The Morgan fingerprint density at radius 2 is 1.67 bits per heavy atom. The van der Waals surface area contributed by atoms with Gasteiger partial charge in [-0.2, -0.15) is 13.2 Å². The second-order valence-corrected chi connectivity index (χ2v) is 12.0. The number of hydrogen-bond acceptors (Lipinski definition) is 7. The molecular weight excluding hydrogens is 672 g/mol. The summed E-state index contributed by atoms with van der Waals surface area (Å²) in [5.74, 6) is -3.55. The van der Waals surface area contributed by atoms with Gasteiger partial charge in [-0.3, -0.25) is 19.3 Å². The molecule has 1 unspecified atom stereocenters. The Labute approximate surface area is 281 Å². The van der Waals surface area contributed by atoms with Crippen molar-refractivity contribution in [2.45, 2.75) is 25.1 Å². The molecule has 16 heteroatoms. The highest BCUT2D eigenvalue weighted by atomic mass is 35.5. The minimum Gasteiger partial charge on any atom is -0.478 e. The van der Waals surface area contributed by atoms with E-state index in [1.54, 1.807) is 18.2 Å². The van der Waals surface area contributed by atoms with E-state index in [1.165, 1.54) is 58.5 Å². The van der Waals surface area contributed by atoms with Gasteiger partial charge in [0.05, 0.1) is 29.9 Å². The predicted molar refractivity (Wildman–Crippen MR) is 167 cm³/mol. The molecular formula is C33H27ClF4N6O5. The van der Waals surface area contributed by atoms with E-state index < -0.39 is 54.7 Å². The van der Waals surface area contributed by atoms with Crippen LogP contribution in [0.4, 0.5) is 23.2 Å². The van der Waals surface area contributed by atoms with Crippen molar-refractivity contribution in [2.24, 2.45) is 0 Å². The van der Waals surface area contributed by atoms with Crippen molar-refractivity contribution in [2.75, 3.05) is 37.6 Å². The van der Waals surface area contributed by atoms with Crippen molar-refractivity contribution < 1.29 is 41.8 Å².